The molecule has 0 fully saturated rings. The van der Waals surface area contributed by atoms with Crippen molar-refractivity contribution in [3.05, 3.63) is 83.0 Å². The fraction of sp³-hybridized carbons (Fsp3) is 0.200. The van der Waals surface area contributed by atoms with Crippen LogP contribution in [0.3, 0.4) is 0 Å². The summed E-state index contributed by atoms with van der Waals surface area (Å²) in [5, 5.41) is 0. The van der Waals surface area contributed by atoms with Crippen LogP contribution in [0.2, 0.25) is 0 Å². The smallest absolute Gasteiger partial charge is 0.00291 e. The minimum Gasteiger partial charge on any atom is -0.147 e. The normalized spacial score (nSPS) is 14.6. The van der Waals surface area contributed by atoms with E-state index in [1.165, 1.54) is 33.4 Å². The van der Waals surface area contributed by atoms with Gasteiger partial charge in [0.1, 0.15) is 0 Å². The van der Waals surface area contributed by atoms with Crippen molar-refractivity contribution in [1.29, 1.82) is 0 Å². The molecule has 2 aliphatic carbocycles. The van der Waals surface area contributed by atoms with Gasteiger partial charge in [-0.05, 0) is 40.7 Å². The molecule has 2 aliphatic rings. The van der Waals surface area contributed by atoms with Gasteiger partial charge in [-0.15, -0.1) is 24.8 Å². The van der Waals surface area contributed by atoms with Crippen LogP contribution in [0, 0.1) is 0 Å². The Morgan fingerprint density at radius 1 is 0.913 bits per heavy atom. The van der Waals surface area contributed by atoms with E-state index >= 15 is 0 Å². The van der Waals surface area contributed by atoms with Crippen molar-refractivity contribution >= 4 is 24.8 Å². The zero-order chi connectivity index (χ0) is 13.5. The predicted octanol–water partition coefficient (Wildman–Crippen LogP) is 6.09. The quantitative estimate of drug-likeness (QED) is 0.469. The first kappa shape index (κ1) is 20.4. The van der Waals surface area contributed by atoms with Gasteiger partial charge >= 0.3 is 0 Å². The van der Waals surface area contributed by atoms with Crippen molar-refractivity contribution in [3.63, 3.8) is 0 Å². The van der Waals surface area contributed by atoms with Crippen molar-refractivity contribution in [1.82, 2.24) is 0 Å². The van der Waals surface area contributed by atoms with Gasteiger partial charge < -0.3 is 0 Å². The van der Waals surface area contributed by atoms with Gasteiger partial charge in [-0.25, -0.2) is 0 Å². The minimum absolute atomic E-state index is 0. The fourth-order valence-electron chi connectivity index (χ4n) is 3.57. The van der Waals surface area contributed by atoms with Crippen molar-refractivity contribution in [3.8, 4) is 11.1 Å². The summed E-state index contributed by atoms with van der Waals surface area (Å²) >= 11 is 0. The molecule has 1 atom stereocenters. The molecule has 0 spiro atoms. The number of hydrogen-bond donors (Lipinski definition) is 0. The van der Waals surface area contributed by atoms with Crippen LogP contribution in [-0.2, 0) is 32.6 Å². The molecule has 2 aromatic carbocycles. The van der Waals surface area contributed by atoms with Crippen LogP contribution >= 0.6 is 24.8 Å². The number of hydrogen-bond acceptors (Lipinski definition) is 0. The molecule has 0 aromatic heterocycles. The molecule has 0 aliphatic heterocycles. The molecule has 2 aromatic rings. The third-order valence-corrected chi connectivity index (χ3v) is 4.71. The molecule has 0 saturated carbocycles. The van der Waals surface area contributed by atoms with Crippen molar-refractivity contribution < 1.29 is 26.2 Å². The second-order valence-electron chi connectivity index (χ2n) is 5.80. The van der Waals surface area contributed by atoms with Crippen LogP contribution in [0.15, 0.2) is 66.3 Å². The van der Waals surface area contributed by atoms with Crippen LogP contribution in [-0.4, -0.2) is 0 Å². The second kappa shape index (κ2) is 8.47. The third kappa shape index (κ3) is 3.58. The molecule has 0 bridgehead atoms. The van der Waals surface area contributed by atoms with E-state index < -0.39 is 0 Å². The Morgan fingerprint density at radius 3 is 2.39 bits per heavy atom. The van der Waals surface area contributed by atoms with Gasteiger partial charge in [-0.2, -0.15) is 0 Å². The average molecular weight is 423 g/mol. The van der Waals surface area contributed by atoms with Crippen LogP contribution in [0.25, 0.3) is 11.1 Å². The molecule has 118 valence electrons. The molecule has 0 radical (unpaired) electrons. The summed E-state index contributed by atoms with van der Waals surface area (Å²) in [4.78, 5) is 0. The minimum atomic E-state index is 0. The molecule has 0 saturated heterocycles. The van der Waals surface area contributed by atoms with Crippen molar-refractivity contribution in [2.24, 2.45) is 0 Å². The van der Waals surface area contributed by atoms with Crippen molar-refractivity contribution in [2.45, 2.75) is 25.7 Å². The van der Waals surface area contributed by atoms with Crippen LogP contribution < -0.4 is 0 Å². The Labute approximate surface area is 170 Å². The zero-order valence-corrected chi connectivity index (χ0v) is 17.2. The Hall–Kier alpha value is -0.617. The van der Waals surface area contributed by atoms with E-state index in [1.807, 2.05) is 0 Å². The van der Waals surface area contributed by atoms with Gasteiger partial charge in [0.2, 0.25) is 0 Å². The number of allylic oxidation sites excluding steroid dienone is 4. The largest absolute Gasteiger partial charge is 0.147 e. The standard InChI is InChI=1S/C20H18.2ClH.Zr/c1-14(15-7-2-3-8-15)17-11-6-12-19-18-10-5-4-9-16(18)13-20(17)19;;;/h2-7,9-12,14H,8,13H2,1H3;2*1H;. The summed E-state index contributed by atoms with van der Waals surface area (Å²) in [5.41, 5.74) is 8.92. The number of halogens is 2. The summed E-state index contributed by atoms with van der Waals surface area (Å²) < 4.78 is 0. The van der Waals surface area contributed by atoms with Crippen LogP contribution in [0.5, 0.6) is 0 Å². The maximum Gasteiger partial charge on any atom is 0.00291 e. The molecular formula is C20H20Cl2Zr. The van der Waals surface area contributed by atoms with Gasteiger partial charge in [-0.3, -0.25) is 0 Å². The molecule has 23 heavy (non-hydrogen) atoms. The maximum absolute atomic E-state index is 2.34. The first-order chi connectivity index (χ1) is 9.84. The van der Waals surface area contributed by atoms with E-state index in [-0.39, 0.29) is 51.0 Å². The summed E-state index contributed by atoms with van der Waals surface area (Å²) in [6.45, 7) is 2.34. The fourth-order valence-corrected chi connectivity index (χ4v) is 3.57. The Balaban J connectivity index is 0.000000882. The van der Waals surface area contributed by atoms with E-state index in [0.29, 0.717) is 5.92 Å². The van der Waals surface area contributed by atoms with Gasteiger partial charge in [0, 0.05) is 32.1 Å². The van der Waals surface area contributed by atoms with Crippen molar-refractivity contribution in [2.75, 3.05) is 0 Å². The third-order valence-electron chi connectivity index (χ3n) is 4.71. The van der Waals surface area contributed by atoms with Crippen LogP contribution in [0.1, 0.15) is 36.0 Å². The second-order valence-corrected chi connectivity index (χ2v) is 5.80. The number of benzene rings is 2. The monoisotopic (exact) mass is 420 g/mol. The average Bonchev–Trinajstić information content (AvgIpc) is 3.13. The van der Waals surface area contributed by atoms with E-state index in [0.717, 1.165) is 12.8 Å². The molecule has 0 heterocycles. The first-order valence-corrected chi connectivity index (χ1v) is 7.40. The molecule has 0 nitrogen and oxygen atoms in total. The summed E-state index contributed by atoms with van der Waals surface area (Å²) in [7, 11) is 0. The molecule has 4 rings (SSSR count). The Morgan fingerprint density at radius 2 is 1.65 bits per heavy atom. The topological polar surface area (TPSA) is 0 Å². The molecule has 0 N–H and O–H groups in total. The maximum atomic E-state index is 2.34. The number of fused-ring (bicyclic) bond motifs is 3. The summed E-state index contributed by atoms with van der Waals surface area (Å²) in [6.07, 6.45) is 8.92. The first-order valence-electron chi connectivity index (χ1n) is 7.40. The number of rotatable bonds is 2. The summed E-state index contributed by atoms with van der Waals surface area (Å²) in [6, 6.07) is 15.6. The molecule has 1 unspecified atom stereocenters. The predicted molar refractivity (Wildman–Crippen MR) is 99.4 cm³/mol. The SMILES string of the molecule is CC(C1=CC=CC1)c1cccc2c1Cc1ccccc1-2.Cl.Cl.[Zr]. The zero-order valence-electron chi connectivity index (χ0n) is 13.1. The van der Waals surface area contributed by atoms with E-state index in [2.05, 4.69) is 67.6 Å². The van der Waals surface area contributed by atoms with Gasteiger partial charge in [0.15, 0.2) is 0 Å². The van der Waals surface area contributed by atoms with Gasteiger partial charge in [0.25, 0.3) is 0 Å². The molecular weight excluding hydrogens is 402 g/mol. The van der Waals surface area contributed by atoms with Gasteiger partial charge in [-0.1, -0.05) is 73.2 Å². The van der Waals surface area contributed by atoms with E-state index in [1.54, 1.807) is 0 Å². The van der Waals surface area contributed by atoms with E-state index in [4.69, 9.17) is 0 Å². The molecule has 3 heteroatoms. The van der Waals surface area contributed by atoms with Crippen LogP contribution in [0.4, 0.5) is 0 Å². The van der Waals surface area contributed by atoms with Gasteiger partial charge in [0.05, 0.1) is 0 Å². The van der Waals surface area contributed by atoms with E-state index in [9.17, 15) is 0 Å². The Kier molecular flexibility index (Phi) is 7.52. The Bertz CT molecular complexity index is 747. The molecule has 0 amide bonds. The summed E-state index contributed by atoms with van der Waals surface area (Å²) in [5.74, 6) is 0.522.